The van der Waals surface area contributed by atoms with E-state index in [0.29, 0.717) is 0 Å². The Morgan fingerprint density at radius 1 is 0.543 bits per heavy atom. The third-order valence-electron chi connectivity index (χ3n) is 7.36. The molecule has 5 aromatic carbocycles. The lowest BCUT2D eigenvalue weighted by molar-refractivity contribution is 0.768. The van der Waals surface area contributed by atoms with Crippen LogP contribution in [-0.2, 0) is 5.41 Å². The van der Waals surface area contributed by atoms with Gasteiger partial charge in [-0.2, -0.15) is 0 Å². The maximum Gasteiger partial charge on any atom is 0.0713 e. The number of fused-ring (bicyclic) bond motifs is 3. The summed E-state index contributed by atoms with van der Waals surface area (Å²) in [5.74, 6) is 0. The number of anilines is 1. The summed E-state index contributed by atoms with van der Waals surface area (Å²) in [4.78, 5) is 2.14. The van der Waals surface area contributed by atoms with Crippen molar-refractivity contribution >= 4 is 11.4 Å². The highest BCUT2D eigenvalue weighted by molar-refractivity contribution is 5.86. The van der Waals surface area contributed by atoms with E-state index in [0.717, 1.165) is 16.9 Å². The summed E-state index contributed by atoms with van der Waals surface area (Å²) in [6.07, 6.45) is 0. The summed E-state index contributed by atoms with van der Waals surface area (Å²) in [6.45, 7) is 4.40. The molecule has 0 amide bonds. The van der Waals surface area contributed by atoms with Gasteiger partial charge in [-0.25, -0.2) is 0 Å². The van der Waals surface area contributed by atoms with Gasteiger partial charge in [0.25, 0.3) is 0 Å². The fourth-order valence-electron chi connectivity index (χ4n) is 5.63. The summed E-state index contributed by atoms with van der Waals surface area (Å²) >= 11 is 0. The first-order valence-electron chi connectivity index (χ1n) is 12.0. The molecule has 0 spiro atoms. The van der Waals surface area contributed by atoms with Gasteiger partial charge in [-0.05, 0) is 51.1 Å². The molecule has 0 aromatic heterocycles. The van der Waals surface area contributed by atoms with E-state index >= 15 is 0 Å². The molecular formula is C34H27N. The van der Waals surface area contributed by atoms with Gasteiger partial charge in [-0.1, -0.05) is 128 Å². The maximum absolute atomic E-state index is 4.40. The highest BCUT2D eigenvalue weighted by atomic mass is 15.1. The zero-order chi connectivity index (χ0) is 23.8. The summed E-state index contributed by atoms with van der Waals surface area (Å²) in [6, 6.07) is 48.0. The molecule has 0 bridgehead atoms. The lowest BCUT2D eigenvalue weighted by Gasteiger charge is -2.34. The molecule has 0 saturated carbocycles. The standard InChI is InChI=1S/C34H27N/c1-25(35(2)29-15-7-4-8-16-29)26-21-23-28(24-22-26)34(27-13-5-3-6-14-27)32-19-11-9-17-30(32)31-18-10-12-20-33(31)34/h3-24H,1H2,2H3. The van der Waals surface area contributed by atoms with Crippen molar-refractivity contribution in [1.82, 2.24) is 0 Å². The lowest BCUT2D eigenvalue weighted by Crippen LogP contribution is -2.28. The Labute approximate surface area is 207 Å². The number of rotatable bonds is 5. The van der Waals surface area contributed by atoms with E-state index in [1.807, 2.05) is 6.07 Å². The Balaban J connectivity index is 1.52. The molecule has 5 aromatic rings. The predicted molar refractivity (Wildman–Crippen MR) is 148 cm³/mol. The third-order valence-corrected chi connectivity index (χ3v) is 7.36. The Hall–Kier alpha value is -4.36. The van der Waals surface area contributed by atoms with Crippen molar-refractivity contribution in [2.24, 2.45) is 0 Å². The van der Waals surface area contributed by atoms with Crippen LogP contribution in [0.4, 0.5) is 5.69 Å². The molecule has 1 aliphatic carbocycles. The molecule has 0 fully saturated rings. The van der Waals surface area contributed by atoms with Gasteiger partial charge in [0, 0.05) is 18.4 Å². The van der Waals surface area contributed by atoms with Crippen LogP contribution in [0, 0.1) is 0 Å². The van der Waals surface area contributed by atoms with E-state index in [1.54, 1.807) is 0 Å². The van der Waals surface area contributed by atoms with E-state index in [2.05, 4.69) is 146 Å². The van der Waals surface area contributed by atoms with Crippen LogP contribution in [0.2, 0.25) is 0 Å². The molecule has 6 rings (SSSR count). The minimum absolute atomic E-state index is 0.361. The van der Waals surface area contributed by atoms with E-state index in [4.69, 9.17) is 0 Å². The highest BCUT2D eigenvalue weighted by Crippen LogP contribution is 2.55. The lowest BCUT2D eigenvalue weighted by atomic mass is 9.67. The van der Waals surface area contributed by atoms with Crippen molar-refractivity contribution in [2.45, 2.75) is 5.41 Å². The van der Waals surface area contributed by atoms with Crippen molar-refractivity contribution in [1.29, 1.82) is 0 Å². The van der Waals surface area contributed by atoms with Gasteiger partial charge in [0.2, 0.25) is 0 Å². The summed E-state index contributed by atoms with van der Waals surface area (Å²) in [5.41, 5.74) is 10.7. The van der Waals surface area contributed by atoms with Gasteiger partial charge < -0.3 is 4.90 Å². The first kappa shape index (κ1) is 21.2. The van der Waals surface area contributed by atoms with Crippen LogP contribution in [0.25, 0.3) is 16.8 Å². The van der Waals surface area contributed by atoms with Crippen molar-refractivity contribution < 1.29 is 0 Å². The van der Waals surface area contributed by atoms with Gasteiger partial charge in [-0.15, -0.1) is 0 Å². The molecule has 0 unspecified atom stereocenters. The van der Waals surface area contributed by atoms with Crippen LogP contribution < -0.4 is 4.90 Å². The molecule has 0 heterocycles. The van der Waals surface area contributed by atoms with E-state index in [1.165, 1.54) is 33.4 Å². The zero-order valence-corrected chi connectivity index (χ0v) is 19.9. The molecule has 1 heteroatoms. The van der Waals surface area contributed by atoms with Gasteiger partial charge >= 0.3 is 0 Å². The van der Waals surface area contributed by atoms with Crippen LogP contribution >= 0.6 is 0 Å². The third kappa shape index (κ3) is 3.24. The van der Waals surface area contributed by atoms with E-state index in [9.17, 15) is 0 Å². The molecule has 0 atom stereocenters. The monoisotopic (exact) mass is 449 g/mol. The fourth-order valence-corrected chi connectivity index (χ4v) is 5.63. The minimum atomic E-state index is -0.361. The van der Waals surface area contributed by atoms with Crippen LogP contribution in [0.3, 0.4) is 0 Å². The molecule has 168 valence electrons. The Morgan fingerprint density at radius 3 is 1.57 bits per heavy atom. The van der Waals surface area contributed by atoms with E-state index in [-0.39, 0.29) is 5.41 Å². The first-order chi connectivity index (χ1) is 17.2. The first-order valence-corrected chi connectivity index (χ1v) is 12.0. The maximum atomic E-state index is 4.40. The molecule has 0 radical (unpaired) electrons. The second-order valence-corrected chi connectivity index (χ2v) is 9.13. The average molecular weight is 450 g/mol. The van der Waals surface area contributed by atoms with Crippen molar-refractivity contribution in [2.75, 3.05) is 11.9 Å². The zero-order valence-electron chi connectivity index (χ0n) is 19.9. The predicted octanol–water partition coefficient (Wildman–Crippen LogP) is 8.16. The number of benzene rings is 5. The van der Waals surface area contributed by atoms with Crippen molar-refractivity contribution in [3.63, 3.8) is 0 Å². The molecule has 1 aliphatic rings. The Kier molecular flexibility index (Phi) is 5.12. The van der Waals surface area contributed by atoms with E-state index < -0.39 is 0 Å². The SMILES string of the molecule is C=C(c1ccc(C2(c3ccccc3)c3ccccc3-c3ccccc32)cc1)N(C)c1ccccc1. The molecule has 0 N–H and O–H groups in total. The average Bonchev–Trinajstić information content (AvgIpc) is 3.25. The number of hydrogen-bond acceptors (Lipinski definition) is 1. The Morgan fingerprint density at radius 2 is 1.00 bits per heavy atom. The summed E-state index contributed by atoms with van der Waals surface area (Å²) < 4.78 is 0. The molecule has 35 heavy (non-hydrogen) atoms. The molecule has 0 aliphatic heterocycles. The largest absolute Gasteiger partial charge is 0.345 e. The number of hydrogen-bond donors (Lipinski definition) is 0. The van der Waals surface area contributed by atoms with Gasteiger partial charge in [0.1, 0.15) is 0 Å². The van der Waals surface area contributed by atoms with Crippen LogP contribution in [0.15, 0.2) is 140 Å². The topological polar surface area (TPSA) is 3.24 Å². The Bertz CT molecular complexity index is 1450. The highest BCUT2D eigenvalue weighted by Gasteiger charge is 2.45. The van der Waals surface area contributed by atoms with Crippen LogP contribution in [-0.4, -0.2) is 7.05 Å². The fraction of sp³-hybridized carbons (Fsp3) is 0.0588. The van der Waals surface area contributed by atoms with Gasteiger partial charge in [0.05, 0.1) is 5.41 Å². The minimum Gasteiger partial charge on any atom is -0.345 e. The van der Waals surface area contributed by atoms with Crippen molar-refractivity contribution in [3.05, 3.63) is 168 Å². The van der Waals surface area contributed by atoms with Gasteiger partial charge in [0.15, 0.2) is 0 Å². The van der Waals surface area contributed by atoms with Crippen molar-refractivity contribution in [3.8, 4) is 11.1 Å². The molecule has 0 saturated heterocycles. The van der Waals surface area contributed by atoms with Crippen LogP contribution in [0.5, 0.6) is 0 Å². The second kappa shape index (κ2) is 8.45. The van der Waals surface area contributed by atoms with Gasteiger partial charge in [-0.3, -0.25) is 0 Å². The smallest absolute Gasteiger partial charge is 0.0713 e. The molecule has 1 nitrogen and oxygen atoms in total. The number of para-hydroxylation sites is 1. The quantitative estimate of drug-likeness (QED) is 0.257. The van der Waals surface area contributed by atoms with Crippen LogP contribution in [0.1, 0.15) is 27.8 Å². The second-order valence-electron chi connectivity index (χ2n) is 9.13. The molecular weight excluding hydrogens is 422 g/mol. The number of nitrogens with zero attached hydrogens (tertiary/aromatic N) is 1. The summed E-state index contributed by atoms with van der Waals surface area (Å²) in [5, 5.41) is 0. The normalized spacial score (nSPS) is 13.1. The summed E-state index contributed by atoms with van der Waals surface area (Å²) in [7, 11) is 2.07.